The number of aromatic nitrogens is 2. The van der Waals surface area contributed by atoms with Crippen LogP contribution in [0.3, 0.4) is 0 Å². The molecule has 0 spiro atoms. The largest absolute Gasteiger partial charge is 2.00 e. The molecule has 0 atom stereocenters. The normalized spacial score (nSPS) is 7.76. The monoisotopic (exact) mass is 647 g/mol. The van der Waals surface area contributed by atoms with Crippen LogP contribution in [-0.4, -0.2) is 0 Å². The van der Waals surface area contributed by atoms with E-state index in [0.29, 0.717) is 0 Å². The van der Waals surface area contributed by atoms with Crippen molar-refractivity contribution in [3.8, 4) is 0 Å². The molecule has 7 heteroatoms. The topological polar surface area (TPSA) is 7.76 Å². The molecule has 0 saturated heterocycles. The summed E-state index contributed by atoms with van der Waals surface area (Å²) in [7, 11) is 0. The van der Waals surface area contributed by atoms with Crippen LogP contribution in [0.1, 0.15) is 39.5 Å². The summed E-state index contributed by atoms with van der Waals surface area (Å²) in [5.41, 5.74) is 0. The van der Waals surface area contributed by atoms with Gasteiger partial charge in [0.1, 0.15) is 13.1 Å². The zero-order valence-corrected chi connectivity index (χ0v) is 22.1. The first-order chi connectivity index (χ1) is 9.86. The zero-order valence-electron chi connectivity index (χ0n) is 14.8. The van der Waals surface area contributed by atoms with E-state index in [0.717, 1.165) is 13.1 Å². The fourth-order valence-electron chi connectivity index (χ4n) is 1.85. The predicted octanol–water partition coefficient (Wildman–Crippen LogP) is -8.44. The van der Waals surface area contributed by atoms with Gasteiger partial charge in [-0.15, -0.1) is 0 Å². The van der Waals surface area contributed by atoms with E-state index in [1.807, 2.05) is 12.1 Å². The second kappa shape index (κ2) is 27.0. The quantitative estimate of drug-likeness (QED) is 0.275. The molecule has 0 aliphatic heterocycles. The number of halogens is 4. The molecule has 0 aliphatic carbocycles. The number of hydrogen-bond donors (Lipinski definition) is 0. The smallest absolute Gasteiger partial charge is 1.00 e. The van der Waals surface area contributed by atoms with Crippen LogP contribution in [0.15, 0.2) is 61.2 Å². The Kier molecular flexibility index (Phi) is 39.5. The fraction of sp³-hybridized carbons (Fsp3) is 0.444. The summed E-state index contributed by atoms with van der Waals surface area (Å²) in [6.07, 6.45) is 13.5. The molecule has 2 heterocycles. The van der Waals surface area contributed by atoms with E-state index >= 15 is 0 Å². The summed E-state index contributed by atoms with van der Waals surface area (Å²) in [5, 5.41) is 0. The first kappa shape index (κ1) is 36.6. The molecule has 0 aliphatic rings. The van der Waals surface area contributed by atoms with E-state index in [1.54, 1.807) is 0 Å². The van der Waals surface area contributed by atoms with Gasteiger partial charge in [-0.05, 0) is 0 Å². The zero-order chi connectivity index (χ0) is 14.5. The molecular weight excluding hydrogens is 623 g/mol. The van der Waals surface area contributed by atoms with Crippen LogP contribution in [0.25, 0.3) is 0 Å². The molecule has 2 nitrogen and oxygen atoms in total. The molecule has 2 aromatic rings. The van der Waals surface area contributed by atoms with Gasteiger partial charge in [0.2, 0.25) is 0 Å². The third kappa shape index (κ3) is 20.9. The van der Waals surface area contributed by atoms with Crippen molar-refractivity contribution < 1.29 is 93.8 Å². The Bertz CT molecular complexity index is 404. The Morgan fingerprint density at radius 3 is 1.04 bits per heavy atom. The molecule has 2 rings (SSSR count). The molecule has 0 aromatic carbocycles. The standard InChI is InChI=1S/2C9H14N.4BrH.Co/c2*1-2-3-7-10-8-5-4-6-9-10;;;;;/h2*4-6,8-9H,2-3,7H2,1H3;4*1H;/q2*+1;;;;;+2/p-4. The minimum absolute atomic E-state index is 0. The van der Waals surface area contributed by atoms with Gasteiger partial charge >= 0.3 is 16.8 Å². The van der Waals surface area contributed by atoms with Crippen LogP contribution in [0.2, 0.25) is 0 Å². The number of rotatable bonds is 6. The molecule has 0 N–H and O–H groups in total. The van der Waals surface area contributed by atoms with Gasteiger partial charge in [0.25, 0.3) is 0 Å². The summed E-state index contributed by atoms with van der Waals surface area (Å²) < 4.78 is 4.42. The minimum Gasteiger partial charge on any atom is -1.00 e. The van der Waals surface area contributed by atoms with Crippen LogP contribution in [0.4, 0.5) is 0 Å². The van der Waals surface area contributed by atoms with E-state index in [4.69, 9.17) is 0 Å². The number of aryl methyl sites for hydroxylation is 2. The average Bonchev–Trinajstić information content (AvgIpc) is 2.53. The van der Waals surface area contributed by atoms with Crippen LogP contribution >= 0.6 is 0 Å². The Labute approximate surface area is 206 Å². The molecular formula is C18H28Br4CoN2. The first-order valence-electron chi connectivity index (χ1n) is 7.75. The average molecular weight is 651 g/mol. The van der Waals surface area contributed by atoms with Crippen LogP contribution in [0.5, 0.6) is 0 Å². The maximum Gasteiger partial charge on any atom is 2.00 e. The molecule has 2 aromatic heterocycles. The van der Waals surface area contributed by atoms with Gasteiger partial charge < -0.3 is 67.9 Å². The van der Waals surface area contributed by atoms with Gasteiger partial charge in [0.15, 0.2) is 24.8 Å². The molecule has 0 bridgehead atoms. The van der Waals surface area contributed by atoms with Gasteiger partial charge in [-0.3, -0.25) is 0 Å². The molecule has 0 saturated carbocycles. The number of unbranched alkanes of at least 4 members (excludes halogenated alkanes) is 2. The van der Waals surface area contributed by atoms with Gasteiger partial charge in [-0.1, -0.05) is 38.8 Å². The van der Waals surface area contributed by atoms with Gasteiger partial charge in [0, 0.05) is 37.1 Å². The van der Waals surface area contributed by atoms with Crippen molar-refractivity contribution in [2.45, 2.75) is 52.6 Å². The number of nitrogens with zero attached hydrogens (tertiary/aromatic N) is 2. The fourth-order valence-corrected chi connectivity index (χ4v) is 1.85. The first-order valence-corrected chi connectivity index (χ1v) is 7.75. The van der Waals surface area contributed by atoms with E-state index in [1.165, 1.54) is 25.7 Å². The number of hydrogen-bond acceptors (Lipinski definition) is 0. The molecule has 0 fully saturated rings. The Balaban J connectivity index is -0.0000000889. The summed E-state index contributed by atoms with van der Waals surface area (Å²) in [4.78, 5) is 0. The molecule has 147 valence electrons. The third-order valence-corrected chi connectivity index (χ3v) is 3.09. The summed E-state index contributed by atoms with van der Waals surface area (Å²) >= 11 is 0. The number of pyridine rings is 2. The van der Waals surface area contributed by atoms with Crippen molar-refractivity contribution in [2.75, 3.05) is 0 Å². The van der Waals surface area contributed by atoms with Crippen LogP contribution in [0, 0.1) is 0 Å². The van der Waals surface area contributed by atoms with E-state index < -0.39 is 0 Å². The molecule has 0 unspecified atom stereocenters. The Hall–Kier alpha value is 0.726. The minimum atomic E-state index is 0. The van der Waals surface area contributed by atoms with E-state index in [-0.39, 0.29) is 84.7 Å². The van der Waals surface area contributed by atoms with Gasteiger partial charge in [0.05, 0.1) is 0 Å². The van der Waals surface area contributed by atoms with Crippen LogP contribution < -0.4 is 77.1 Å². The van der Waals surface area contributed by atoms with Crippen LogP contribution in [-0.2, 0) is 29.9 Å². The Morgan fingerprint density at radius 2 is 0.800 bits per heavy atom. The Morgan fingerprint density at radius 1 is 0.520 bits per heavy atom. The second-order valence-electron chi connectivity index (χ2n) is 4.93. The third-order valence-electron chi connectivity index (χ3n) is 3.09. The SMILES string of the molecule is CCCC[n+]1ccccc1.CCCC[n+]1ccccc1.[Br-].[Br-].[Br-].[Br-].[Co+2]. The van der Waals surface area contributed by atoms with Crippen molar-refractivity contribution in [1.82, 2.24) is 0 Å². The van der Waals surface area contributed by atoms with E-state index in [2.05, 4.69) is 72.0 Å². The summed E-state index contributed by atoms with van der Waals surface area (Å²) in [6, 6.07) is 12.3. The summed E-state index contributed by atoms with van der Waals surface area (Å²) in [6.45, 7) is 6.72. The van der Waals surface area contributed by atoms with Crippen molar-refractivity contribution in [1.29, 1.82) is 0 Å². The van der Waals surface area contributed by atoms with Gasteiger partial charge in [-0.2, -0.15) is 0 Å². The van der Waals surface area contributed by atoms with Crippen molar-refractivity contribution in [3.63, 3.8) is 0 Å². The van der Waals surface area contributed by atoms with Crippen molar-refractivity contribution >= 4 is 0 Å². The van der Waals surface area contributed by atoms with Crippen molar-refractivity contribution in [3.05, 3.63) is 61.2 Å². The second-order valence-corrected chi connectivity index (χ2v) is 4.93. The van der Waals surface area contributed by atoms with E-state index in [9.17, 15) is 0 Å². The summed E-state index contributed by atoms with van der Waals surface area (Å²) in [5.74, 6) is 0. The molecule has 25 heavy (non-hydrogen) atoms. The van der Waals surface area contributed by atoms with Gasteiger partial charge in [-0.25, -0.2) is 9.13 Å². The predicted molar refractivity (Wildman–Crippen MR) is 83.1 cm³/mol. The molecule has 1 radical (unpaired) electrons. The maximum atomic E-state index is 2.21. The van der Waals surface area contributed by atoms with Crippen molar-refractivity contribution in [2.24, 2.45) is 0 Å². The molecule has 0 amide bonds. The maximum absolute atomic E-state index is 2.21.